The third-order valence-electron chi connectivity index (χ3n) is 7.55. The van der Waals surface area contributed by atoms with Gasteiger partial charge in [0.15, 0.2) is 0 Å². The second-order valence-corrected chi connectivity index (χ2v) is 11.9. The van der Waals surface area contributed by atoms with Crippen molar-refractivity contribution in [2.24, 2.45) is 5.92 Å². The molecule has 1 amide bonds. The van der Waals surface area contributed by atoms with Crippen molar-refractivity contribution in [2.75, 3.05) is 20.8 Å². The molecule has 0 atom stereocenters. The number of methoxy groups -OCH3 is 2. The van der Waals surface area contributed by atoms with Crippen LogP contribution < -0.4 is 10.1 Å². The van der Waals surface area contributed by atoms with Crippen molar-refractivity contribution < 1.29 is 28.6 Å². The zero-order chi connectivity index (χ0) is 29.6. The maximum atomic E-state index is 12.7. The van der Waals surface area contributed by atoms with E-state index in [4.69, 9.17) is 14.2 Å². The highest BCUT2D eigenvalue weighted by Crippen LogP contribution is 2.29. The molecule has 0 unspecified atom stereocenters. The van der Waals surface area contributed by atoms with E-state index < -0.39 is 11.6 Å². The lowest BCUT2D eigenvalue weighted by Gasteiger charge is -2.20. The van der Waals surface area contributed by atoms with E-state index in [0.717, 1.165) is 34.1 Å². The topological polar surface area (TPSA) is 95.9 Å². The number of fused-ring (bicyclic) bond motifs is 1. The fourth-order valence-electron chi connectivity index (χ4n) is 5.44. The Bertz CT molecular complexity index is 1390. The Kier molecular flexibility index (Phi) is 9.73. The van der Waals surface area contributed by atoms with Crippen molar-refractivity contribution >= 4 is 28.7 Å². The maximum absolute atomic E-state index is 12.7. The first kappa shape index (κ1) is 30.2. The van der Waals surface area contributed by atoms with Gasteiger partial charge in [-0.3, -0.25) is 9.59 Å². The maximum Gasteiger partial charge on any atom is 0.338 e. The molecule has 1 N–H and O–H groups in total. The van der Waals surface area contributed by atoms with Crippen LogP contribution in [0.4, 0.5) is 0 Å². The predicted octanol–water partition coefficient (Wildman–Crippen LogP) is 5.61. The van der Waals surface area contributed by atoms with E-state index in [1.165, 1.54) is 32.8 Å². The normalized spacial score (nSPS) is 13.8. The minimum atomic E-state index is -0.598. The molecule has 0 bridgehead atoms. The van der Waals surface area contributed by atoms with Gasteiger partial charge in [-0.05, 0) is 75.3 Å². The molecule has 8 nitrogen and oxygen atoms in total. The van der Waals surface area contributed by atoms with Crippen molar-refractivity contribution in [2.45, 2.75) is 77.9 Å². The number of nitrogens with one attached hydrogen (secondary N) is 1. The summed E-state index contributed by atoms with van der Waals surface area (Å²) in [4.78, 5) is 37.2. The highest BCUT2D eigenvalue weighted by atomic mass is 16.6. The van der Waals surface area contributed by atoms with Crippen LogP contribution in [-0.4, -0.2) is 48.8 Å². The molecule has 0 aliphatic heterocycles. The summed E-state index contributed by atoms with van der Waals surface area (Å²) >= 11 is 0. The molecule has 1 saturated carbocycles. The molecule has 1 aliphatic carbocycles. The minimum absolute atomic E-state index is 0.0275. The number of carbonyl (C=O) groups excluding carboxylic acids is 3. The molecule has 8 heteroatoms. The summed E-state index contributed by atoms with van der Waals surface area (Å²) in [7, 11) is 2.97. The number of aryl methyl sites for hydroxylation is 1. The number of hydrogen-bond donors (Lipinski definition) is 1. The summed E-state index contributed by atoms with van der Waals surface area (Å²) in [6, 6.07) is 11.4. The van der Waals surface area contributed by atoms with Gasteiger partial charge in [0.25, 0.3) is 0 Å². The fraction of sp³-hybridized carbons (Fsp3) is 0.485. The van der Waals surface area contributed by atoms with E-state index in [1.807, 2.05) is 51.2 Å². The molecule has 1 fully saturated rings. The lowest BCUT2D eigenvalue weighted by atomic mass is 10.0. The van der Waals surface area contributed by atoms with Crippen LogP contribution >= 0.6 is 0 Å². The Morgan fingerprint density at radius 1 is 1.00 bits per heavy atom. The second-order valence-electron chi connectivity index (χ2n) is 11.9. The fourth-order valence-corrected chi connectivity index (χ4v) is 5.44. The summed E-state index contributed by atoms with van der Waals surface area (Å²) in [5.41, 5.74) is 3.61. The van der Waals surface area contributed by atoms with Crippen LogP contribution in [0.25, 0.3) is 10.9 Å². The van der Waals surface area contributed by atoms with E-state index in [-0.39, 0.29) is 18.3 Å². The number of esters is 2. The van der Waals surface area contributed by atoms with Gasteiger partial charge >= 0.3 is 11.9 Å². The summed E-state index contributed by atoms with van der Waals surface area (Å²) in [5, 5.41) is 4.13. The van der Waals surface area contributed by atoms with Gasteiger partial charge in [-0.25, -0.2) is 4.79 Å². The number of hydrogen-bond acceptors (Lipinski definition) is 6. The first-order chi connectivity index (χ1) is 19.6. The van der Waals surface area contributed by atoms with Gasteiger partial charge in [0, 0.05) is 35.6 Å². The highest BCUT2D eigenvalue weighted by Gasteiger charge is 2.20. The Hall–Kier alpha value is -3.81. The zero-order valence-electron chi connectivity index (χ0n) is 24.9. The summed E-state index contributed by atoms with van der Waals surface area (Å²) in [6.45, 7) is 6.72. The third kappa shape index (κ3) is 8.12. The zero-order valence-corrected chi connectivity index (χ0v) is 24.9. The van der Waals surface area contributed by atoms with Crippen molar-refractivity contribution in [1.29, 1.82) is 0 Å². The molecule has 1 aromatic heterocycles. The summed E-state index contributed by atoms with van der Waals surface area (Å²) < 4.78 is 18.1. The molecule has 3 aromatic rings. The third-order valence-corrected chi connectivity index (χ3v) is 7.55. The molecule has 2 aromatic carbocycles. The second kappa shape index (κ2) is 13.2. The standard InChI is InChI=1S/C33H42N2O6/c1-33(2,3)41-32(38)24-11-12-26(29(18-24)39-4)21-35-20-25(13-15-31(37)40-5)27-14-10-23(16-28(27)35)17-30(36)34-19-22-8-6-7-9-22/h10-12,14,16,18,20,22H,6-9,13,15,17,19,21H2,1-5H3,(H,34,36). The molecule has 0 radical (unpaired) electrons. The molecular formula is C33H42N2O6. The Labute approximate surface area is 242 Å². The number of amides is 1. The van der Waals surface area contributed by atoms with Crippen LogP contribution in [0.2, 0.25) is 0 Å². The van der Waals surface area contributed by atoms with E-state index in [1.54, 1.807) is 19.2 Å². The van der Waals surface area contributed by atoms with Crippen molar-refractivity contribution in [1.82, 2.24) is 9.88 Å². The van der Waals surface area contributed by atoms with Crippen molar-refractivity contribution in [3.63, 3.8) is 0 Å². The number of rotatable bonds is 11. The molecule has 1 aliphatic rings. The average Bonchev–Trinajstić information content (AvgIpc) is 3.58. The smallest absolute Gasteiger partial charge is 0.338 e. The van der Waals surface area contributed by atoms with Crippen LogP contribution in [-0.2, 0) is 38.4 Å². The van der Waals surface area contributed by atoms with Crippen LogP contribution in [0.3, 0.4) is 0 Å². The summed E-state index contributed by atoms with van der Waals surface area (Å²) in [5.74, 6) is 0.525. The monoisotopic (exact) mass is 562 g/mol. The van der Waals surface area contributed by atoms with Gasteiger partial charge in [0.05, 0.1) is 32.7 Å². The largest absolute Gasteiger partial charge is 0.496 e. The van der Waals surface area contributed by atoms with Crippen LogP contribution in [0.15, 0.2) is 42.6 Å². The van der Waals surface area contributed by atoms with E-state index in [2.05, 4.69) is 9.88 Å². The summed E-state index contributed by atoms with van der Waals surface area (Å²) in [6.07, 6.45) is 8.04. The highest BCUT2D eigenvalue weighted by molar-refractivity contribution is 5.90. The molecular weight excluding hydrogens is 520 g/mol. The van der Waals surface area contributed by atoms with E-state index in [9.17, 15) is 14.4 Å². The number of ether oxygens (including phenoxy) is 3. The molecule has 1 heterocycles. The first-order valence-corrected chi connectivity index (χ1v) is 14.4. The Morgan fingerprint density at radius 2 is 1.76 bits per heavy atom. The van der Waals surface area contributed by atoms with E-state index >= 15 is 0 Å². The quantitative estimate of drug-likeness (QED) is 0.305. The number of benzene rings is 2. The van der Waals surface area contributed by atoms with E-state index in [0.29, 0.717) is 36.6 Å². The molecule has 41 heavy (non-hydrogen) atoms. The van der Waals surface area contributed by atoms with Gasteiger partial charge in [-0.1, -0.05) is 31.0 Å². The Balaban J connectivity index is 1.60. The van der Waals surface area contributed by atoms with Crippen molar-refractivity contribution in [3.05, 3.63) is 64.8 Å². The number of aromatic nitrogens is 1. The van der Waals surface area contributed by atoms with Gasteiger partial charge in [-0.15, -0.1) is 0 Å². The first-order valence-electron chi connectivity index (χ1n) is 14.4. The average molecular weight is 563 g/mol. The van der Waals surface area contributed by atoms with Gasteiger partial charge in [0.2, 0.25) is 5.91 Å². The van der Waals surface area contributed by atoms with Gasteiger partial charge in [0.1, 0.15) is 11.4 Å². The van der Waals surface area contributed by atoms with Crippen LogP contribution in [0.1, 0.15) is 79.9 Å². The Morgan fingerprint density at radius 3 is 2.44 bits per heavy atom. The SMILES string of the molecule is COC(=O)CCc1cn(Cc2ccc(C(=O)OC(C)(C)C)cc2OC)c2cc(CC(=O)NCC3CCCC3)ccc12. The predicted molar refractivity (Wildman–Crippen MR) is 158 cm³/mol. The lowest BCUT2D eigenvalue weighted by molar-refractivity contribution is -0.140. The molecule has 220 valence electrons. The number of nitrogens with zero attached hydrogens (tertiary/aromatic N) is 1. The number of carbonyl (C=O) groups is 3. The molecule has 0 spiro atoms. The minimum Gasteiger partial charge on any atom is -0.496 e. The molecule has 0 saturated heterocycles. The van der Waals surface area contributed by atoms with Gasteiger partial charge in [-0.2, -0.15) is 0 Å². The van der Waals surface area contributed by atoms with Crippen LogP contribution in [0, 0.1) is 5.92 Å². The van der Waals surface area contributed by atoms with Crippen molar-refractivity contribution in [3.8, 4) is 5.75 Å². The molecule has 4 rings (SSSR count). The lowest BCUT2D eigenvalue weighted by Crippen LogP contribution is -2.29. The van der Waals surface area contributed by atoms with Gasteiger partial charge < -0.3 is 24.1 Å². The van der Waals surface area contributed by atoms with Crippen LogP contribution in [0.5, 0.6) is 5.75 Å².